The molecule has 1 aliphatic heterocycles. The summed E-state index contributed by atoms with van der Waals surface area (Å²) >= 11 is 0. The predicted molar refractivity (Wildman–Crippen MR) is 134 cm³/mol. The lowest BCUT2D eigenvalue weighted by molar-refractivity contribution is -0.132. The molecule has 0 aromatic heterocycles. The highest BCUT2D eigenvalue weighted by atomic mass is 16.5. The molecule has 34 heavy (non-hydrogen) atoms. The lowest BCUT2D eigenvalue weighted by atomic mass is 9.89. The van der Waals surface area contributed by atoms with Crippen LogP contribution in [-0.2, 0) is 16.0 Å². The first-order valence-corrected chi connectivity index (χ1v) is 11.7. The minimum atomic E-state index is -0.451. The minimum Gasteiger partial charge on any atom is -0.493 e. The van der Waals surface area contributed by atoms with Crippen molar-refractivity contribution in [2.45, 2.75) is 47.0 Å². The molecular weight excluding hydrogens is 430 g/mol. The van der Waals surface area contributed by atoms with Gasteiger partial charge in [0.25, 0.3) is 0 Å². The summed E-state index contributed by atoms with van der Waals surface area (Å²) < 4.78 is 10.8. The number of amides is 2. The van der Waals surface area contributed by atoms with Gasteiger partial charge in [0.2, 0.25) is 11.8 Å². The number of hydrazone groups is 1. The van der Waals surface area contributed by atoms with Crippen LogP contribution in [0, 0.1) is 11.3 Å². The second kappa shape index (κ2) is 10.7. The maximum atomic E-state index is 12.8. The van der Waals surface area contributed by atoms with Gasteiger partial charge < -0.3 is 14.8 Å². The Morgan fingerprint density at radius 2 is 1.76 bits per heavy atom. The molecule has 1 unspecified atom stereocenters. The van der Waals surface area contributed by atoms with Crippen LogP contribution in [0.4, 0.5) is 5.69 Å². The summed E-state index contributed by atoms with van der Waals surface area (Å²) in [7, 11) is 3.22. The number of nitrogens with one attached hydrogen (secondary N) is 1. The van der Waals surface area contributed by atoms with Crippen molar-refractivity contribution in [1.82, 2.24) is 5.01 Å². The fourth-order valence-electron chi connectivity index (χ4n) is 3.79. The second-order valence-electron chi connectivity index (χ2n) is 9.53. The van der Waals surface area contributed by atoms with Gasteiger partial charge in [-0.2, -0.15) is 5.10 Å². The molecule has 1 atom stereocenters. The lowest BCUT2D eigenvalue weighted by Gasteiger charge is -2.29. The van der Waals surface area contributed by atoms with Gasteiger partial charge in [0.15, 0.2) is 11.5 Å². The molecular formula is C27H35N3O4. The molecule has 2 amide bonds. The van der Waals surface area contributed by atoms with Crippen LogP contribution >= 0.6 is 0 Å². The van der Waals surface area contributed by atoms with Gasteiger partial charge in [-0.25, -0.2) is 5.01 Å². The first-order chi connectivity index (χ1) is 16.2. The monoisotopic (exact) mass is 465 g/mol. The number of hydrogen-bond donors (Lipinski definition) is 1. The van der Waals surface area contributed by atoms with Gasteiger partial charge in [0.1, 0.15) is 0 Å². The molecule has 0 bridgehead atoms. The molecule has 1 aliphatic rings. The SMILES string of the molecule is CCC1CC(=O)N(CCc2ccc(NC(=O)C(C)(C)C)cc2)N=C1c1ccc(OC)c(OC)c1. The van der Waals surface area contributed by atoms with Crippen LogP contribution in [0.1, 0.15) is 51.7 Å². The van der Waals surface area contributed by atoms with E-state index in [0.717, 1.165) is 28.9 Å². The zero-order chi connectivity index (χ0) is 24.9. The van der Waals surface area contributed by atoms with Crippen molar-refractivity contribution in [3.63, 3.8) is 0 Å². The number of benzene rings is 2. The smallest absolute Gasteiger partial charge is 0.243 e. The van der Waals surface area contributed by atoms with E-state index in [0.29, 0.717) is 30.9 Å². The standard InChI is InChI=1S/C27H35N3O4/c1-7-19-17-24(31)30(29-25(19)20-10-13-22(33-5)23(16-20)34-6)15-14-18-8-11-21(12-9-18)28-26(32)27(2,3)4/h8-13,16,19H,7,14-15,17H2,1-6H3,(H,28,32). The highest BCUT2D eigenvalue weighted by molar-refractivity contribution is 6.06. The normalized spacial score (nSPS) is 16.2. The van der Waals surface area contributed by atoms with Crippen LogP contribution in [0.2, 0.25) is 0 Å². The van der Waals surface area contributed by atoms with Crippen LogP contribution in [-0.4, -0.2) is 43.3 Å². The van der Waals surface area contributed by atoms with Crippen molar-refractivity contribution in [2.24, 2.45) is 16.4 Å². The molecule has 7 heteroatoms. The summed E-state index contributed by atoms with van der Waals surface area (Å²) in [6, 6.07) is 13.5. The molecule has 1 N–H and O–H groups in total. The first-order valence-electron chi connectivity index (χ1n) is 11.7. The van der Waals surface area contributed by atoms with Gasteiger partial charge in [-0.3, -0.25) is 9.59 Å². The van der Waals surface area contributed by atoms with Gasteiger partial charge in [-0.15, -0.1) is 0 Å². The molecule has 2 aromatic carbocycles. The van der Waals surface area contributed by atoms with E-state index in [2.05, 4.69) is 12.2 Å². The van der Waals surface area contributed by atoms with Gasteiger partial charge >= 0.3 is 0 Å². The van der Waals surface area contributed by atoms with Crippen LogP contribution in [0.15, 0.2) is 47.6 Å². The van der Waals surface area contributed by atoms with Crippen molar-refractivity contribution in [3.8, 4) is 11.5 Å². The average molecular weight is 466 g/mol. The first kappa shape index (κ1) is 25.3. The number of carbonyl (C=O) groups excluding carboxylic acids is 2. The van der Waals surface area contributed by atoms with Crippen molar-refractivity contribution in [3.05, 3.63) is 53.6 Å². The fourth-order valence-corrected chi connectivity index (χ4v) is 3.79. The van der Waals surface area contributed by atoms with E-state index in [1.807, 2.05) is 63.2 Å². The topological polar surface area (TPSA) is 80.2 Å². The number of carbonyl (C=O) groups is 2. The number of nitrogens with zero attached hydrogens (tertiary/aromatic N) is 2. The number of methoxy groups -OCH3 is 2. The Balaban J connectivity index is 1.74. The van der Waals surface area contributed by atoms with E-state index < -0.39 is 5.41 Å². The number of rotatable bonds is 8. The van der Waals surface area contributed by atoms with Gasteiger partial charge in [-0.1, -0.05) is 39.8 Å². The molecule has 0 saturated carbocycles. The van der Waals surface area contributed by atoms with Crippen LogP contribution in [0.3, 0.4) is 0 Å². The Kier molecular flexibility index (Phi) is 7.97. The Labute approximate surface area is 202 Å². The highest BCUT2D eigenvalue weighted by Gasteiger charge is 2.29. The van der Waals surface area contributed by atoms with Crippen molar-refractivity contribution < 1.29 is 19.1 Å². The minimum absolute atomic E-state index is 0.0262. The molecule has 7 nitrogen and oxygen atoms in total. The Morgan fingerprint density at radius 1 is 1.09 bits per heavy atom. The maximum Gasteiger partial charge on any atom is 0.243 e. The summed E-state index contributed by atoms with van der Waals surface area (Å²) in [6.45, 7) is 8.20. The summed E-state index contributed by atoms with van der Waals surface area (Å²) in [5.41, 5.74) is 3.20. The Bertz CT molecular complexity index is 1050. The number of hydrogen-bond acceptors (Lipinski definition) is 5. The predicted octanol–water partition coefficient (Wildman–Crippen LogP) is 4.89. The molecule has 0 saturated heterocycles. The van der Waals surface area contributed by atoms with E-state index in [1.54, 1.807) is 19.2 Å². The zero-order valence-corrected chi connectivity index (χ0v) is 21.0. The highest BCUT2D eigenvalue weighted by Crippen LogP contribution is 2.31. The van der Waals surface area contributed by atoms with Crippen molar-refractivity contribution in [1.29, 1.82) is 0 Å². The largest absolute Gasteiger partial charge is 0.493 e. The number of ether oxygens (including phenoxy) is 2. The average Bonchev–Trinajstić information content (AvgIpc) is 2.82. The molecule has 0 aliphatic carbocycles. The van der Waals surface area contributed by atoms with E-state index in [1.165, 1.54) is 0 Å². The van der Waals surface area contributed by atoms with Gasteiger partial charge in [0, 0.05) is 35.5 Å². The summed E-state index contributed by atoms with van der Waals surface area (Å²) in [6.07, 6.45) is 1.93. The third-order valence-corrected chi connectivity index (χ3v) is 6.00. The molecule has 3 rings (SSSR count). The Morgan fingerprint density at radius 3 is 2.35 bits per heavy atom. The third kappa shape index (κ3) is 5.95. The summed E-state index contributed by atoms with van der Waals surface area (Å²) in [5.74, 6) is 1.37. The Hall–Kier alpha value is -3.35. The van der Waals surface area contributed by atoms with Crippen LogP contribution < -0.4 is 14.8 Å². The third-order valence-electron chi connectivity index (χ3n) is 6.00. The van der Waals surface area contributed by atoms with Crippen LogP contribution in [0.25, 0.3) is 0 Å². The molecule has 0 radical (unpaired) electrons. The van der Waals surface area contributed by atoms with E-state index in [4.69, 9.17) is 14.6 Å². The maximum absolute atomic E-state index is 12.8. The quantitative estimate of drug-likeness (QED) is 0.602. The lowest BCUT2D eigenvalue weighted by Crippen LogP contribution is -2.38. The van der Waals surface area contributed by atoms with E-state index >= 15 is 0 Å². The van der Waals surface area contributed by atoms with Gasteiger partial charge in [0.05, 0.1) is 19.9 Å². The zero-order valence-electron chi connectivity index (χ0n) is 21.0. The van der Waals surface area contributed by atoms with E-state index in [9.17, 15) is 9.59 Å². The molecule has 2 aromatic rings. The fraction of sp³-hybridized carbons (Fsp3) is 0.444. The van der Waals surface area contributed by atoms with Crippen molar-refractivity contribution >= 4 is 23.2 Å². The van der Waals surface area contributed by atoms with Crippen LogP contribution in [0.5, 0.6) is 11.5 Å². The van der Waals surface area contributed by atoms with Gasteiger partial charge in [-0.05, 0) is 48.7 Å². The summed E-state index contributed by atoms with van der Waals surface area (Å²) in [4.78, 5) is 25.0. The van der Waals surface area contributed by atoms with E-state index in [-0.39, 0.29) is 17.7 Å². The molecule has 1 heterocycles. The summed E-state index contributed by atoms with van der Waals surface area (Å²) in [5, 5.41) is 9.27. The molecule has 0 fully saturated rings. The molecule has 182 valence electrons. The number of anilines is 1. The van der Waals surface area contributed by atoms with Crippen molar-refractivity contribution in [2.75, 3.05) is 26.1 Å². The molecule has 0 spiro atoms. The second-order valence-corrected chi connectivity index (χ2v) is 9.53.